The minimum Gasteiger partial charge on any atom is -0.467 e. The number of rotatable bonds is 5. The number of para-hydroxylation sites is 1. The number of esters is 1. The second-order valence-electron chi connectivity index (χ2n) is 5.09. The lowest BCUT2D eigenvalue weighted by Crippen LogP contribution is -2.41. The summed E-state index contributed by atoms with van der Waals surface area (Å²) in [6, 6.07) is 8.27. The van der Waals surface area contributed by atoms with Crippen LogP contribution in [0, 0.1) is 0 Å². The highest BCUT2D eigenvalue weighted by molar-refractivity contribution is 6.06. The number of pyridine rings is 1. The zero-order valence-electron chi connectivity index (χ0n) is 12.6. The van der Waals surface area contributed by atoms with Crippen molar-refractivity contribution in [3.05, 3.63) is 54.2 Å². The van der Waals surface area contributed by atoms with E-state index < -0.39 is 12.0 Å². The van der Waals surface area contributed by atoms with Gasteiger partial charge >= 0.3 is 5.97 Å². The van der Waals surface area contributed by atoms with Crippen molar-refractivity contribution in [2.45, 2.75) is 19.4 Å². The molecule has 0 bridgehead atoms. The predicted molar refractivity (Wildman–Crippen MR) is 84.4 cm³/mol. The second kappa shape index (κ2) is 6.85. The van der Waals surface area contributed by atoms with Gasteiger partial charge in [-0.05, 0) is 25.5 Å². The molecule has 5 heteroatoms. The van der Waals surface area contributed by atoms with Gasteiger partial charge in [0.1, 0.15) is 6.04 Å². The van der Waals surface area contributed by atoms with Crippen molar-refractivity contribution in [1.82, 2.24) is 10.3 Å². The maximum atomic E-state index is 12.5. The SMILES string of the molecule is C=C(C)C[C@@H](NC(=O)c1cccc2cccnc12)C(=O)OC. The third kappa shape index (κ3) is 3.49. The summed E-state index contributed by atoms with van der Waals surface area (Å²) in [5, 5.41) is 3.56. The van der Waals surface area contributed by atoms with E-state index in [2.05, 4.69) is 16.9 Å². The van der Waals surface area contributed by atoms with E-state index in [0.29, 0.717) is 17.5 Å². The molecule has 0 saturated heterocycles. The zero-order chi connectivity index (χ0) is 16.1. The summed E-state index contributed by atoms with van der Waals surface area (Å²) < 4.78 is 4.73. The number of methoxy groups -OCH3 is 1. The summed E-state index contributed by atoms with van der Waals surface area (Å²) in [4.78, 5) is 28.5. The summed E-state index contributed by atoms with van der Waals surface area (Å²) >= 11 is 0. The molecule has 1 heterocycles. The molecule has 1 aromatic heterocycles. The molecule has 22 heavy (non-hydrogen) atoms. The molecule has 114 valence electrons. The molecule has 0 aliphatic heterocycles. The average Bonchev–Trinajstić information content (AvgIpc) is 2.52. The fourth-order valence-electron chi connectivity index (χ4n) is 2.21. The molecular formula is C17H18N2O3. The minimum atomic E-state index is -0.756. The first-order valence-corrected chi connectivity index (χ1v) is 6.89. The van der Waals surface area contributed by atoms with Gasteiger partial charge in [0.05, 0.1) is 18.2 Å². The number of benzene rings is 1. The van der Waals surface area contributed by atoms with Crippen LogP contribution < -0.4 is 5.32 Å². The summed E-state index contributed by atoms with van der Waals surface area (Å²) in [5.74, 6) is -0.856. The van der Waals surface area contributed by atoms with Crippen molar-refractivity contribution in [3.63, 3.8) is 0 Å². The molecular weight excluding hydrogens is 280 g/mol. The van der Waals surface area contributed by atoms with Crippen LogP contribution in [0.5, 0.6) is 0 Å². The van der Waals surface area contributed by atoms with Crippen LogP contribution in [-0.4, -0.2) is 30.0 Å². The average molecular weight is 298 g/mol. The number of carbonyl (C=O) groups excluding carboxylic acids is 2. The van der Waals surface area contributed by atoms with E-state index in [0.717, 1.165) is 11.0 Å². The summed E-state index contributed by atoms with van der Waals surface area (Å²) in [5.41, 5.74) is 1.81. The molecule has 2 aromatic rings. The van der Waals surface area contributed by atoms with E-state index in [1.165, 1.54) is 7.11 Å². The highest BCUT2D eigenvalue weighted by Crippen LogP contribution is 2.16. The van der Waals surface area contributed by atoms with Gasteiger partial charge in [0.25, 0.3) is 5.91 Å². The van der Waals surface area contributed by atoms with Gasteiger partial charge in [-0.1, -0.05) is 23.8 Å². The van der Waals surface area contributed by atoms with Gasteiger partial charge in [0, 0.05) is 11.6 Å². The number of fused-ring (bicyclic) bond motifs is 1. The molecule has 0 unspecified atom stereocenters. The maximum Gasteiger partial charge on any atom is 0.328 e. The highest BCUT2D eigenvalue weighted by Gasteiger charge is 2.23. The Labute approximate surface area is 129 Å². The van der Waals surface area contributed by atoms with E-state index in [1.54, 1.807) is 25.3 Å². The number of amides is 1. The molecule has 0 radical (unpaired) electrons. The zero-order valence-corrected chi connectivity index (χ0v) is 12.6. The Balaban J connectivity index is 2.29. The summed E-state index contributed by atoms with van der Waals surface area (Å²) in [6.45, 7) is 5.56. The Morgan fingerprint density at radius 1 is 1.32 bits per heavy atom. The number of hydrogen-bond acceptors (Lipinski definition) is 4. The Kier molecular flexibility index (Phi) is 4.88. The van der Waals surface area contributed by atoms with E-state index in [9.17, 15) is 9.59 Å². The lowest BCUT2D eigenvalue weighted by molar-refractivity contribution is -0.142. The molecule has 1 amide bonds. The van der Waals surface area contributed by atoms with Crippen molar-refractivity contribution in [3.8, 4) is 0 Å². The van der Waals surface area contributed by atoms with Crippen molar-refractivity contribution >= 4 is 22.8 Å². The standard InChI is InChI=1S/C17H18N2O3/c1-11(2)10-14(17(21)22-3)19-16(20)13-8-4-6-12-7-5-9-18-15(12)13/h4-9,14H,1,10H2,2-3H3,(H,19,20)/t14-/m1/s1. The van der Waals surface area contributed by atoms with Gasteiger partial charge in [-0.15, -0.1) is 6.58 Å². The molecule has 2 rings (SSSR count). The van der Waals surface area contributed by atoms with E-state index in [4.69, 9.17) is 4.74 Å². The highest BCUT2D eigenvalue weighted by atomic mass is 16.5. The van der Waals surface area contributed by atoms with Crippen LogP contribution in [-0.2, 0) is 9.53 Å². The molecule has 1 atom stereocenters. The molecule has 1 N–H and O–H groups in total. The molecule has 0 saturated carbocycles. The molecule has 0 fully saturated rings. The molecule has 0 spiro atoms. The number of ether oxygens (including phenoxy) is 1. The van der Waals surface area contributed by atoms with Gasteiger partial charge in [-0.2, -0.15) is 0 Å². The van der Waals surface area contributed by atoms with E-state index >= 15 is 0 Å². The minimum absolute atomic E-state index is 0.330. The third-order valence-corrected chi connectivity index (χ3v) is 3.22. The topological polar surface area (TPSA) is 68.3 Å². The van der Waals surface area contributed by atoms with Crippen LogP contribution in [0.2, 0.25) is 0 Å². The van der Waals surface area contributed by atoms with Crippen LogP contribution in [0.4, 0.5) is 0 Å². The first-order chi connectivity index (χ1) is 10.5. The number of aromatic nitrogens is 1. The van der Waals surface area contributed by atoms with Gasteiger partial charge in [-0.25, -0.2) is 4.79 Å². The summed E-state index contributed by atoms with van der Waals surface area (Å²) in [7, 11) is 1.29. The van der Waals surface area contributed by atoms with Gasteiger partial charge in [0.15, 0.2) is 0 Å². The van der Waals surface area contributed by atoms with Gasteiger partial charge in [-0.3, -0.25) is 9.78 Å². The number of carbonyl (C=O) groups is 2. The van der Waals surface area contributed by atoms with Crippen LogP contribution in [0.1, 0.15) is 23.7 Å². The van der Waals surface area contributed by atoms with Crippen LogP contribution in [0.3, 0.4) is 0 Å². The van der Waals surface area contributed by atoms with Crippen molar-refractivity contribution in [1.29, 1.82) is 0 Å². The second-order valence-corrected chi connectivity index (χ2v) is 5.09. The predicted octanol–water partition coefficient (Wildman–Crippen LogP) is 2.47. The van der Waals surface area contributed by atoms with Crippen molar-refractivity contribution in [2.75, 3.05) is 7.11 Å². The van der Waals surface area contributed by atoms with Crippen LogP contribution in [0.25, 0.3) is 10.9 Å². The fraction of sp³-hybridized carbons (Fsp3) is 0.235. The van der Waals surface area contributed by atoms with Crippen molar-refractivity contribution in [2.24, 2.45) is 0 Å². The van der Waals surface area contributed by atoms with E-state index in [-0.39, 0.29) is 5.91 Å². The maximum absolute atomic E-state index is 12.5. The van der Waals surface area contributed by atoms with Gasteiger partial charge in [0.2, 0.25) is 0 Å². The Hall–Kier alpha value is -2.69. The lowest BCUT2D eigenvalue weighted by atomic mass is 10.1. The Bertz CT molecular complexity index is 719. The molecule has 0 aliphatic rings. The normalized spacial score (nSPS) is 11.7. The summed E-state index contributed by atoms with van der Waals surface area (Å²) in [6.07, 6.45) is 1.96. The lowest BCUT2D eigenvalue weighted by Gasteiger charge is -2.17. The van der Waals surface area contributed by atoms with Gasteiger partial charge < -0.3 is 10.1 Å². The molecule has 1 aromatic carbocycles. The monoisotopic (exact) mass is 298 g/mol. The van der Waals surface area contributed by atoms with Crippen LogP contribution in [0.15, 0.2) is 48.7 Å². The quantitative estimate of drug-likeness (QED) is 0.680. The number of nitrogens with zero attached hydrogens (tertiary/aromatic N) is 1. The van der Waals surface area contributed by atoms with Crippen LogP contribution >= 0.6 is 0 Å². The van der Waals surface area contributed by atoms with Crippen molar-refractivity contribution < 1.29 is 14.3 Å². The molecule has 5 nitrogen and oxygen atoms in total. The number of nitrogens with one attached hydrogen (secondary N) is 1. The Morgan fingerprint density at radius 3 is 2.73 bits per heavy atom. The first-order valence-electron chi connectivity index (χ1n) is 6.89. The van der Waals surface area contributed by atoms with E-state index in [1.807, 2.05) is 18.2 Å². The largest absolute Gasteiger partial charge is 0.467 e. The third-order valence-electron chi connectivity index (χ3n) is 3.22. The smallest absolute Gasteiger partial charge is 0.328 e. The fourth-order valence-corrected chi connectivity index (χ4v) is 2.21. The first kappa shape index (κ1) is 15.7. The Morgan fingerprint density at radius 2 is 2.05 bits per heavy atom. The number of hydrogen-bond donors (Lipinski definition) is 1. The molecule has 0 aliphatic carbocycles.